The van der Waals surface area contributed by atoms with Crippen molar-refractivity contribution in [3.63, 3.8) is 0 Å². The average Bonchev–Trinajstić information content (AvgIpc) is 2.83. The number of hydrogen-bond donors (Lipinski definition) is 1. The van der Waals surface area contributed by atoms with Crippen LogP contribution in [-0.2, 0) is 0 Å². The average molecular weight is 166 g/mol. The summed E-state index contributed by atoms with van der Waals surface area (Å²) in [5, 5.41) is 3.13. The molecule has 1 aliphatic rings. The van der Waals surface area contributed by atoms with Gasteiger partial charge in [-0.25, -0.2) is 4.98 Å². The summed E-state index contributed by atoms with van der Waals surface area (Å²) in [7, 11) is 1.93. The van der Waals surface area contributed by atoms with E-state index in [1.165, 1.54) is 12.8 Å². The van der Waals surface area contributed by atoms with Gasteiger partial charge in [-0.05, 0) is 26.8 Å². The third-order valence-electron chi connectivity index (χ3n) is 2.34. The number of aromatic nitrogens is 1. The summed E-state index contributed by atoms with van der Waals surface area (Å²) in [5.41, 5.74) is 1.01. The van der Waals surface area contributed by atoms with E-state index in [0.29, 0.717) is 12.0 Å². The third-order valence-corrected chi connectivity index (χ3v) is 2.34. The summed E-state index contributed by atoms with van der Waals surface area (Å²) in [5.74, 6) is 1.54. The highest BCUT2D eigenvalue weighted by Crippen LogP contribution is 2.39. The van der Waals surface area contributed by atoms with Gasteiger partial charge < -0.3 is 9.73 Å². The van der Waals surface area contributed by atoms with Crippen molar-refractivity contribution in [2.24, 2.45) is 0 Å². The molecule has 1 saturated carbocycles. The lowest BCUT2D eigenvalue weighted by molar-refractivity contribution is 0.496. The molecule has 1 N–H and O–H groups in total. The van der Waals surface area contributed by atoms with Crippen molar-refractivity contribution < 1.29 is 4.42 Å². The first kappa shape index (κ1) is 7.80. The summed E-state index contributed by atoms with van der Waals surface area (Å²) >= 11 is 0. The Morgan fingerprint density at radius 3 is 3.00 bits per heavy atom. The molecule has 1 aliphatic carbocycles. The molecule has 0 amide bonds. The van der Waals surface area contributed by atoms with Crippen LogP contribution < -0.4 is 5.32 Å². The van der Waals surface area contributed by atoms with Gasteiger partial charge in [0, 0.05) is 12.0 Å². The van der Waals surface area contributed by atoms with Gasteiger partial charge in [0.1, 0.15) is 6.26 Å². The van der Waals surface area contributed by atoms with Crippen LogP contribution in [0.1, 0.15) is 43.3 Å². The van der Waals surface area contributed by atoms with Crippen molar-refractivity contribution in [2.75, 3.05) is 7.05 Å². The van der Waals surface area contributed by atoms with Crippen LogP contribution in [0.4, 0.5) is 0 Å². The van der Waals surface area contributed by atoms with Gasteiger partial charge in [-0.1, -0.05) is 0 Å². The lowest BCUT2D eigenvalue weighted by atomic mass is 10.3. The molecule has 66 valence electrons. The molecule has 1 heterocycles. The van der Waals surface area contributed by atoms with Crippen LogP contribution in [0.2, 0.25) is 0 Å². The second-order valence-electron chi connectivity index (χ2n) is 3.40. The van der Waals surface area contributed by atoms with E-state index in [-0.39, 0.29) is 0 Å². The smallest absolute Gasteiger partial charge is 0.197 e. The molecule has 1 aromatic heterocycles. The third kappa shape index (κ3) is 1.37. The molecule has 1 unspecified atom stereocenters. The zero-order chi connectivity index (χ0) is 8.55. The molecule has 0 aliphatic heterocycles. The first-order valence-corrected chi connectivity index (χ1v) is 4.44. The van der Waals surface area contributed by atoms with E-state index in [2.05, 4.69) is 17.2 Å². The Balaban J connectivity index is 2.12. The minimum absolute atomic E-state index is 0.293. The van der Waals surface area contributed by atoms with Gasteiger partial charge in [-0.2, -0.15) is 0 Å². The maximum absolute atomic E-state index is 5.36. The minimum Gasteiger partial charge on any atom is -0.448 e. The highest BCUT2D eigenvalue weighted by Gasteiger charge is 2.28. The summed E-state index contributed by atoms with van der Waals surface area (Å²) < 4.78 is 5.36. The van der Waals surface area contributed by atoms with E-state index in [1.54, 1.807) is 6.26 Å². The molecular formula is C9H14N2O. The zero-order valence-corrected chi connectivity index (χ0v) is 7.50. The van der Waals surface area contributed by atoms with E-state index in [4.69, 9.17) is 4.42 Å². The molecule has 0 bridgehead atoms. The van der Waals surface area contributed by atoms with Gasteiger partial charge in [0.25, 0.3) is 0 Å². The van der Waals surface area contributed by atoms with Gasteiger partial charge in [0.05, 0.1) is 5.69 Å². The lowest BCUT2D eigenvalue weighted by Gasteiger charge is -2.03. The standard InChI is InChI=1S/C9H14N2O/c1-6(10-2)8-5-12-9(11-8)7-3-4-7/h5-7,10H,3-4H2,1-2H3. The van der Waals surface area contributed by atoms with E-state index in [1.807, 2.05) is 7.05 Å². The lowest BCUT2D eigenvalue weighted by Crippen LogP contribution is -2.12. The molecule has 1 atom stereocenters. The van der Waals surface area contributed by atoms with Crippen molar-refractivity contribution in [3.05, 3.63) is 17.8 Å². The molecule has 3 nitrogen and oxygen atoms in total. The van der Waals surface area contributed by atoms with Crippen LogP contribution in [-0.4, -0.2) is 12.0 Å². The molecule has 2 rings (SSSR count). The summed E-state index contributed by atoms with van der Waals surface area (Å²) in [6, 6.07) is 0.293. The number of hydrogen-bond acceptors (Lipinski definition) is 3. The summed E-state index contributed by atoms with van der Waals surface area (Å²) in [6.45, 7) is 2.08. The molecule has 12 heavy (non-hydrogen) atoms. The van der Waals surface area contributed by atoms with Crippen LogP contribution in [0.25, 0.3) is 0 Å². The molecular weight excluding hydrogens is 152 g/mol. The SMILES string of the molecule is CNC(C)c1coc(C2CC2)n1. The number of oxazole rings is 1. The molecule has 0 saturated heterocycles. The first-order chi connectivity index (χ1) is 5.81. The van der Waals surface area contributed by atoms with E-state index in [0.717, 1.165) is 11.6 Å². The normalized spacial score (nSPS) is 19.5. The number of nitrogens with zero attached hydrogens (tertiary/aromatic N) is 1. The van der Waals surface area contributed by atoms with Crippen molar-refractivity contribution >= 4 is 0 Å². The molecule has 0 radical (unpaired) electrons. The summed E-state index contributed by atoms with van der Waals surface area (Å²) in [6.07, 6.45) is 4.25. The molecule has 0 aromatic carbocycles. The maximum atomic E-state index is 5.36. The van der Waals surface area contributed by atoms with Gasteiger partial charge in [-0.15, -0.1) is 0 Å². The predicted octanol–water partition coefficient (Wildman–Crippen LogP) is 1.83. The van der Waals surface area contributed by atoms with E-state index < -0.39 is 0 Å². The summed E-state index contributed by atoms with van der Waals surface area (Å²) in [4.78, 5) is 4.41. The Hall–Kier alpha value is -0.830. The molecule has 1 aromatic rings. The van der Waals surface area contributed by atoms with Crippen molar-refractivity contribution in [1.82, 2.24) is 10.3 Å². The first-order valence-electron chi connectivity index (χ1n) is 4.44. The van der Waals surface area contributed by atoms with Crippen molar-refractivity contribution in [3.8, 4) is 0 Å². The Bertz CT molecular complexity index is 265. The van der Waals surface area contributed by atoms with Gasteiger partial charge in [0.2, 0.25) is 0 Å². The van der Waals surface area contributed by atoms with Crippen LogP contribution in [0, 0.1) is 0 Å². The topological polar surface area (TPSA) is 38.1 Å². The van der Waals surface area contributed by atoms with Crippen LogP contribution >= 0.6 is 0 Å². The Labute approximate surface area is 72.2 Å². The second-order valence-corrected chi connectivity index (χ2v) is 3.40. The molecule has 0 spiro atoms. The zero-order valence-electron chi connectivity index (χ0n) is 7.50. The Morgan fingerprint density at radius 1 is 1.67 bits per heavy atom. The van der Waals surface area contributed by atoms with Crippen LogP contribution in [0.15, 0.2) is 10.7 Å². The van der Waals surface area contributed by atoms with Crippen molar-refractivity contribution in [2.45, 2.75) is 31.7 Å². The fourth-order valence-corrected chi connectivity index (χ4v) is 1.17. The minimum atomic E-state index is 0.293. The quantitative estimate of drug-likeness (QED) is 0.744. The van der Waals surface area contributed by atoms with E-state index >= 15 is 0 Å². The maximum Gasteiger partial charge on any atom is 0.197 e. The monoisotopic (exact) mass is 166 g/mol. The second kappa shape index (κ2) is 2.90. The fraction of sp³-hybridized carbons (Fsp3) is 0.667. The van der Waals surface area contributed by atoms with E-state index in [9.17, 15) is 0 Å². The number of rotatable bonds is 3. The number of nitrogens with one attached hydrogen (secondary N) is 1. The molecule has 1 fully saturated rings. The van der Waals surface area contributed by atoms with Crippen LogP contribution in [0.5, 0.6) is 0 Å². The predicted molar refractivity (Wildman–Crippen MR) is 46.0 cm³/mol. The van der Waals surface area contributed by atoms with Crippen LogP contribution in [0.3, 0.4) is 0 Å². The van der Waals surface area contributed by atoms with Gasteiger partial charge >= 0.3 is 0 Å². The Kier molecular flexibility index (Phi) is 1.89. The highest BCUT2D eigenvalue weighted by molar-refractivity contribution is 5.08. The van der Waals surface area contributed by atoms with Crippen molar-refractivity contribution in [1.29, 1.82) is 0 Å². The fourth-order valence-electron chi connectivity index (χ4n) is 1.17. The van der Waals surface area contributed by atoms with Gasteiger partial charge in [0.15, 0.2) is 5.89 Å². The highest BCUT2D eigenvalue weighted by atomic mass is 16.3. The Morgan fingerprint density at radius 2 is 2.42 bits per heavy atom. The molecule has 3 heteroatoms. The largest absolute Gasteiger partial charge is 0.448 e. The van der Waals surface area contributed by atoms with Gasteiger partial charge in [-0.3, -0.25) is 0 Å².